The SMILES string of the molecule is COc1ccc(OCCNC(=O)c2cc(Nc3ccccc3Cl)ncn2)cc1. The zero-order valence-corrected chi connectivity index (χ0v) is 15.9. The van der Waals surface area contributed by atoms with E-state index >= 15 is 0 Å². The lowest BCUT2D eigenvalue weighted by atomic mass is 10.3. The molecule has 0 spiro atoms. The molecule has 0 aliphatic rings. The molecule has 0 saturated heterocycles. The number of methoxy groups -OCH3 is 1. The Kier molecular flexibility index (Phi) is 6.64. The third-order valence-electron chi connectivity index (χ3n) is 3.75. The maximum atomic E-state index is 12.3. The summed E-state index contributed by atoms with van der Waals surface area (Å²) in [5, 5.41) is 6.39. The summed E-state index contributed by atoms with van der Waals surface area (Å²) in [7, 11) is 1.61. The van der Waals surface area contributed by atoms with Gasteiger partial charge in [0, 0.05) is 6.07 Å². The maximum absolute atomic E-state index is 12.3. The van der Waals surface area contributed by atoms with Gasteiger partial charge in [-0.25, -0.2) is 9.97 Å². The van der Waals surface area contributed by atoms with Gasteiger partial charge in [0.1, 0.15) is 35.9 Å². The monoisotopic (exact) mass is 398 g/mol. The van der Waals surface area contributed by atoms with Gasteiger partial charge in [0.15, 0.2) is 0 Å². The van der Waals surface area contributed by atoms with Crippen LogP contribution in [-0.2, 0) is 0 Å². The van der Waals surface area contributed by atoms with E-state index in [1.54, 1.807) is 31.4 Å². The van der Waals surface area contributed by atoms with Crippen LogP contribution in [0.4, 0.5) is 11.5 Å². The molecule has 1 heterocycles. The Labute approximate surface area is 167 Å². The number of rotatable bonds is 8. The van der Waals surface area contributed by atoms with E-state index in [-0.39, 0.29) is 11.6 Å². The van der Waals surface area contributed by atoms with Gasteiger partial charge in [0.25, 0.3) is 5.91 Å². The second kappa shape index (κ2) is 9.57. The number of nitrogens with one attached hydrogen (secondary N) is 2. The van der Waals surface area contributed by atoms with Crippen molar-refractivity contribution < 1.29 is 14.3 Å². The number of amides is 1. The van der Waals surface area contributed by atoms with E-state index < -0.39 is 0 Å². The Morgan fingerprint density at radius 2 is 1.82 bits per heavy atom. The van der Waals surface area contributed by atoms with Crippen LogP contribution in [0, 0.1) is 0 Å². The Bertz CT molecular complexity index is 935. The fourth-order valence-corrected chi connectivity index (χ4v) is 2.53. The number of aromatic nitrogens is 2. The maximum Gasteiger partial charge on any atom is 0.270 e. The minimum Gasteiger partial charge on any atom is -0.497 e. The van der Waals surface area contributed by atoms with Crippen molar-refractivity contribution in [2.45, 2.75) is 0 Å². The number of nitrogens with zero attached hydrogens (tertiary/aromatic N) is 2. The van der Waals surface area contributed by atoms with Gasteiger partial charge in [-0.3, -0.25) is 4.79 Å². The first-order chi connectivity index (χ1) is 13.7. The summed E-state index contributed by atoms with van der Waals surface area (Å²) >= 11 is 6.12. The van der Waals surface area contributed by atoms with E-state index in [0.717, 1.165) is 5.75 Å². The van der Waals surface area contributed by atoms with Gasteiger partial charge in [-0.1, -0.05) is 23.7 Å². The van der Waals surface area contributed by atoms with E-state index in [1.165, 1.54) is 6.33 Å². The number of hydrogen-bond acceptors (Lipinski definition) is 6. The molecular formula is C20H19ClN4O3. The molecule has 0 bridgehead atoms. The molecule has 8 heteroatoms. The van der Waals surface area contributed by atoms with Gasteiger partial charge in [-0.2, -0.15) is 0 Å². The van der Waals surface area contributed by atoms with Crippen LogP contribution in [0.15, 0.2) is 60.9 Å². The largest absolute Gasteiger partial charge is 0.497 e. The molecule has 144 valence electrons. The number of benzene rings is 2. The van der Waals surface area contributed by atoms with Gasteiger partial charge in [-0.15, -0.1) is 0 Å². The smallest absolute Gasteiger partial charge is 0.270 e. The Morgan fingerprint density at radius 1 is 1.07 bits per heavy atom. The van der Waals surface area contributed by atoms with Crippen LogP contribution >= 0.6 is 11.6 Å². The molecule has 0 radical (unpaired) electrons. The number of carbonyl (C=O) groups is 1. The lowest BCUT2D eigenvalue weighted by molar-refractivity contribution is 0.0942. The molecule has 28 heavy (non-hydrogen) atoms. The number of carbonyl (C=O) groups excluding carboxylic acids is 1. The summed E-state index contributed by atoms with van der Waals surface area (Å²) in [6.45, 7) is 0.663. The van der Waals surface area contributed by atoms with Crippen molar-refractivity contribution in [3.05, 3.63) is 71.6 Å². The van der Waals surface area contributed by atoms with Crippen LogP contribution in [-0.4, -0.2) is 36.1 Å². The first kappa shape index (κ1) is 19.4. The number of hydrogen-bond donors (Lipinski definition) is 2. The van der Waals surface area contributed by atoms with E-state index in [4.69, 9.17) is 21.1 Å². The van der Waals surface area contributed by atoms with Gasteiger partial charge < -0.3 is 20.1 Å². The molecule has 3 rings (SSSR count). The molecule has 1 amide bonds. The lowest BCUT2D eigenvalue weighted by Gasteiger charge is -2.10. The van der Waals surface area contributed by atoms with Gasteiger partial charge in [0.2, 0.25) is 0 Å². The van der Waals surface area contributed by atoms with Crippen molar-refractivity contribution in [2.75, 3.05) is 25.6 Å². The Balaban J connectivity index is 1.50. The van der Waals surface area contributed by atoms with Crippen LogP contribution in [0.3, 0.4) is 0 Å². The molecule has 2 N–H and O–H groups in total. The molecule has 0 atom stereocenters. The van der Waals surface area contributed by atoms with Crippen molar-refractivity contribution in [3.63, 3.8) is 0 Å². The normalized spacial score (nSPS) is 10.2. The topological polar surface area (TPSA) is 85.4 Å². The molecule has 2 aromatic carbocycles. The highest BCUT2D eigenvalue weighted by atomic mass is 35.5. The summed E-state index contributed by atoms with van der Waals surface area (Å²) in [6.07, 6.45) is 1.32. The highest BCUT2D eigenvalue weighted by molar-refractivity contribution is 6.33. The average molecular weight is 399 g/mol. The third-order valence-corrected chi connectivity index (χ3v) is 4.08. The van der Waals surface area contributed by atoms with Crippen molar-refractivity contribution in [1.29, 1.82) is 0 Å². The number of anilines is 2. The first-order valence-corrected chi connectivity index (χ1v) is 8.92. The summed E-state index contributed by atoms with van der Waals surface area (Å²) in [5.74, 6) is 1.61. The minimum atomic E-state index is -0.317. The highest BCUT2D eigenvalue weighted by Crippen LogP contribution is 2.23. The zero-order valence-electron chi connectivity index (χ0n) is 15.2. The van der Waals surface area contributed by atoms with Crippen LogP contribution in [0.1, 0.15) is 10.5 Å². The predicted molar refractivity (Wildman–Crippen MR) is 108 cm³/mol. The molecule has 7 nitrogen and oxygen atoms in total. The molecule has 0 fully saturated rings. The van der Waals surface area contributed by atoms with Crippen molar-refractivity contribution in [2.24, 2.45) is 0 Å². The van der Waals surface area contributed by atoms with Crippen molar-refractivity contribution in [3.8, 4) is 11.5 Å². The predicted octanol–water partition coefficient (Wildman–Crippen LogP) is 3.69. The van der Waals surface area contributed by atoms with Crippen LogP contribution in [0.2, 0.25) is 5.02 Å². The lowest BCUT2D eigenvalue weighted by Crippen LogP contribution is -2.28. The zero-order chi connectivity index (χ0) is 19.8. The summed E-state index contributed by atoms with van der Waals surface area (Å²) in [4.78, 5) is 20.4. The van der Waals surface area contributed by atoms with Gasteiger partial charge >= 0.3 is 0 Å². The first-order valence-electron chi connectivity index (χ1n) is 8.54. The molecule has 0 unspecified atom stereocenters. The number of para-hydroxylation sites is 1. The van der Waals surface area contributed by atoms with E-state index in [9.17, 15) is 4.79 Å². The average Bonchev–Trinajstić information content (AvgIpc) is 2.73. The second-order valence-corrected chi connectivity index (χ2v) is 6.08. The summed E-state index contributed by atoms with van der Waals surface area (Å²) < 4.78 is 10.7. The quantitative estimate of drug-likeness (QED) is 0.563. The van der Waals surface area contributed by atoms with Gasteiger partial charge in [0.05, 0.1) is 24.4 Å². The third kappa shape index (κ3) is 5.34. The molecule has 0 aliphatic carbocycles. The van der Waals surface area contributed by atoms with Crippen LogP contribution in [0.5, 0.6) is 11.5 Å². The fourth-order valence-electron chi connectivity index (χ4n) is 2.35. The number of ether oxygens (including phenoxy) is 2. The molecular weight excluding hydrogens is 380 g/mol. The molecule has 1 aromatic heterocycles. The molecule has 3 aromatic rings. The summed E-state index contributed by atoms with van der Waals surface area (Å²) in [6, 6.07) is 16.1. The second-order valence-electron chi connectivity index (χ2n) is 5.67. The summed E-state index contributed by atoms with van der Waals surface area (Å²) in [5.41, 5.74) is 0.941. The molecule has 0 aliphatic heterocycles. The Morgan fingerprint density at radius 3 is 2.57 bits per heavy atom. The van der Waals surface area contributed by atoms with E-state index in [1.807, 2.05) is 30.3 Å². The van der Waals surface area contributed by atoms with Crippen molar-refractivity contribution >= 4 is 29.0 Å². The Hall–Kier alpha value is -3.32. The number of halogens is 1. The highest BCUT2D eigenvalue weighted by Gasteiger charge is 2.09. The van der Waals surface area contributed by atoms with E-state index in [0.29, 0.717) is 35.4 Å². The van der Waals surface area contributed by atoms with Crippen LogP contribution in [0.25, 0.3) is 0 Å². The van der Waals surface area contributed by atoms with Gasteiger partial charge in [-0.05, 0) is 36.4 Å². The van der Waals surface area contributed by atoms with Crippen LogP contribution < -0.4 is 20.1 Å². The van der Waals surface area contributed by atoms with Crippen molar-refractivity contribution in [1.82, 2.24) is 15.3 Å². The fraction of sp³-hybridized carbons (Fsp3) is 0.150. The van der Waals surface area contributed by atoms with E-state index in [2.05, 4.69) is 20.6 Å². The standard InChI is InChI=1S/C20H19ClN4O3/c1-27-14-6-8-15(9-7-14)28-11-10-22-20(26)18-12-19(24-13-23-18)25-17-5-3-2-4-16(17)21/h2-9,12-13H,10-11H2,1H3,(H,22,26)(H,23,24,25). The molecule has 0 saturated carbocycles. The minimum absolute atomic E-state index is 0.244.